The summed E-state index contributed by atoms with van der Waals surface area (Å²) >= 11 is 0. The molecule has 0 radical (unpaired) electrons. The highest BCUT2D eigenvalue weighted by Gasteiger charge is 2.05. The van der Waals surface area contributed by atoms with Crippen molar-refractivity contribution in [3.05, 3.63) is 35.4 Å². The number of nitrogens with one attached hydrogen (secondary N) is 1. The van der Waals surface area contributed by atoms with Crippen LogP contribution in [0.5, 0.6) is 0 Å². The van der Waals surface area contributed by atoms with Crippen LogP contribution in [0.1, 0.15) is 17.2 Å². The highest BCUT2D eigenvalue weighted by Crippen LogP contribution is 2.14. The van der Waals surface area contributed by atoms with E-state index in [1.165, 1.54) is 6.21 Å². The fourth-order valence-electron chi connectivity index (χ4n) is 1.05. The van der Waals surface area contributed by atoms with Crippen molar-refractivity contribution in [2.75, 3.05) is 7.11 Å². The Balaban J connectivity index is 2.91. The van der Waals surface area contributed by atoms with E-state index >= 15 is 0 Å². The second-order valence-electron chi connectivity index (χ2n) is 2.56. The average molecular weight is 174 g/mol. The third-order valence-electron chi connectivity index (χ3n) is 1.77. The number of hydrogen-bond donors (Lipinski definition) is 1. The van der Waals surface area contributed by atoms with Crippen molar-refractivity contribution >= 4 is 6.21 Å². The molecule has 0 saturated heterocycles. The van der Waals surface area contributed by atoms with E-state index in [1.54, 1.807) is 31.4 Å². The third-order valence-corrected chi connectivity index (χ3v) is 1.77. The van der Waals surface area contributed by atoms with Gasteiger partial charge in [-0.3, -0.25) is 0 Å². The van der Waals surface area contributed by atoms with Gasteiger partial charge in [-0.05, 0) is 17.7 Å². The fourth-order valence-corrected chi connectivity index (χ4v) is 1.05. The highest BCUT2D eigenvalue weighted by molar-refractivity contribution is 5.62. The van der Waals surface area contributed by atoms with E-state index in [0.29, 0.717) is 5.56 Å². The van der Waals surface area contributed by atoms with Gasteiger partial charge in [-0.25, -0.2) is 0 Å². The Kier molecular flexibility index (Phi) is 3.18. The summed E-state index contributed by atoms with van der Waals surface area (Å²) in [6.07, 6.45) is 0.911. The highest BCUT2D eigenvalue weighted by atomic mass is 16.5. The normalized spacial score (nSPS) is 11.7. The number of ether oxygens (including phenoxy) is 1. The molecule has 0 heterocycles. The van der Waals surface area contributed by atoms with E-state index in [-0.39, 0.29) is 6.10 Å². The molecule has 13 heavy (non-hydrogen) atoms. The largest absolute Gasteiger partial charge is 0.371 e. The van der Waals surface area contributed by atoms with Crippen LogP contribution in [-0.4, -0.2) is 13.3 Å². The number of methoxy groups -OCH3 is 1. The monoisotopic (exact) mass is 174 g/mol. The Morgan fingerprint density at radius 1 is 1.46 bits per heavy atom. The lowest BCUT2D eigenvalue weighted by atomic mass is 10.1. The first-order chi connectivity index (χ1) is 6.31. The smallest absolute Gasteiger partial charge is 0.117 e. The lowest BCUT2D eigenvalue weighted by Gasteiger charge is -2.08. The zero-order valence-corrected chi connectivity index (χ0v) is 7.32. The maximum Gasteiger partial charge on any atom is 0.117 e. The van der Waals surface area contributed by atoms with Crippen molar-refractivity contribution in [1.82, 2.24) is 0 Å². The van der Waals surface area contributed by atoms with Gasteiger partial charge in [0.2, 0.25) is 0 Å². The summed E-state index contributed by atoms with van der Waals surface area (Å²) in [5, 5.41) is 15.6. The molecule has 1 N–H and O–H groups in total. The van der Waals surface area contributed by atoms with Gasteiger partial charge in [0.05, 0.1) is 11.6 Å². The number of nitriles is 1. The Morgan fingerprint density at radius 3 is 2.46 bits per heavy atom. The number of rotatable bonds is 3. The molecule has 0 fully saturated rings. The Labute approximate surface area is 77.1 Å². The van der Waals surface area contributed by atoms with E-state index in [0.717, 1.165) is 5.56 Å². The summed E-state index contributed by atoms with van der Waals surface area (Å²) < 4.78 is 5.03. The van der Waals surface area contributed by atoms with Crippen LogP contribution in [0.15, 0.2) is 24.3 Å². The zero-order chi connectivity index (χ0) is 9.68. The van der Waals surface area contributed by atoms with E-state index in [9.17, 15) is 0 Å². The van der Waals surface area contributed by atoms with Crippen molar-refractivity contribution in [2.45, 2.75) is 6.10 Å². The van der Waals surface area contributed by atoms with Crippen LogP contribution in [-0.2, 0) is 4.74 Å². The molecular formula is C10H10N2O. The van der Waals surface area contributed by atoms with Gasteiger partial charge in [-0.2, -0.15) is 5.26 Å². The molecule has 3 nitrogen and oxygen atoms in total. The van der Waals surface area contributed by atoms with Gasteiger partial charge in [-0.1, -0.05) is 12.1 Å². The summed E-state index contributed by atoms with van der Waals surface area (Å²) in [6, 6.07) is 9.04. The molecular weight excluding hydrogens is 164 g/mol. The van der Waals surface area contributed by atoms with Crippen molar-refractivity contribution in [3.63, 3.8) is 0 Å². The lowest BCUT2D eigenvalue weighted by molar-refractivity contribution is 0.161. The quantitative estimate of drug-likeness (QED) is 0.711. The molecule has 0 aromatic heterocycles. The Bertz CT molecular complexity index is 324. The summed E-state index contributed by atoms with van der Waals surface area (Å²) in [4.78, 5) is 0. The Morgan fingerprint density at radius 2 is 2.08 bits per heavy atom. The van der Waals surface area contributed by atoms with Crippen LogP contribution in [0.3, 0.4) is 0 Å². The second-order valence-corrected chi connectivity index (χ2v) is 2.56. The molecule has 1 atom stereocenters. The van der Waals surface area contributed by atoms with Gasteiger partial charge < -0.3 is 10.1 Å². The van der Waals surface area contributed by atoms with Crippen molar-refractivity contribution in [3.8, 4) is 6.07 Å². The standard InChI is InChI=1S/C10H10N2O/c1-13-10(7-12)9-4-2-8(6-11)3-5-9/h2-5,7,10,12H,1H3. The van der Waals surface area contributed by atoms with Gasteiger partial charge in [0.1, 0.15) is 6.10 Å². The number of hydrogen-bond acceptors (Lipinski definition) is 3. The minimum absolute atomic E-state index is 0.312. The van der Waals surface area contributed by atoms with E-state index in [2.05, 4.69) is 0 Å². The summed E-state index contributed by atoms with van der Waals surface area (Å²) in [7, 11) is 1.55. The molecule has 0 bridgehead atoms. The van der Waals surface area contributed by atoms with Gasteiger partial charge in [0.15, 0.2) is 0 Å². The SMILES string of the molecule is COC(C=N)c1ccc(C#N)cc1. The molecule has 0 aliphatic carbocycles. The lowest BCUT2D eigenvalue weighted by Crippen LogP contribution is -2.01. The minimum Gasteiger partial charge on any atom is -0.371 e. The van der Waals surface area contributed by atoms with Crippen LogP contribution in [0.2, 0.25) is 0 Å². The average Bonchev–Trinajstić information content (AvgIpc) is 2.21. The second kappa shape index (κ2) is 4.39. The van der Waals surface area contributed by atoms with E-state index in [4.69, 9.17) is 15.4 Å². The summed E-state index contributed by atoms with van der Waals surface area (Å²) in [5.41, 5.74) is 1.50. The minimum atomic E-state index is -0.312. The molecule has 0 aliphatic heterocycles. The molecule has 0 spiro atoms. The summed E-state index contributed by atoms with van der Waals surface area (Å²) in [6.45, 7) is 0. The number of benzene rings is 1. The predicted octanol–water partition coefficient (Wildman–Crippen LogP) is 1.90. The third kappa shape index (κ3) is 2.14. The molecule has 1 rings (SSSR count). The van der Waals surface area contributed by atoms with Crippen LogP contribution >= 0.6 is 0 Å². The molecule has 3 heteroatoms. The van der Waals surface area contributed by atoms with Crippen LogP contribution in [0.25, 0.3) is 0 Å². The van der Waals surface area contributed by atoms with Gasteiger partial charge in [-0.15, -0.1) is 0 Å². The molecule has 0 amide bonds. The first kappa shape index (κ1) is 9.43. The zero-order valence-electron chi connectivity index (χ0n) is 7.32. The molecule has 0 aliphatic rings. The summed E-state index contributed by atoms with van der Waals surface area (Å²) in [5.74, 6) is 0. The fraction of sp³-hybridized carbons (Fsp3) is 0.200. The first-order valence-corrected chi connectivity index (χ1v) is 3.85. The maximum absolute atomic E-state index is 8.56. The van der Waals surface area contributed by atoms with Crippen LogP contribution < -0.4 is 0 Å². The Hall–Kier alpha value is -1.66. The molecule has 66 valence electrons. The predicted molar refractivity (Wildman–Crippen MR) is 49.7 cm³/mol. The van der Waals surface area contributed by atoms with Crippen LogP contribution in [0, 0.1) is 16.7 Å². The first-order valence-electron chi connectivity index (χ1n) is 3.85. The van der Waals surface area contributed by atoms with Gasteiger partial charge >= 0.3 is 0 Å². The molecule has 1 aromatic carbocycles. The van der Waals surface area contributed by atoms with E-state index < -0.39 is 0 Å². The molecule has 0 saturated carbocycles. The van der Waals surface area contributed by atoms with Crippen molar-refractivity contribution in [2.24, 2.45) is 0 Å². The number of nitrogens with zero attached hydrogens (tertiary/aromatic N) is 1. The maximum atomic E-state index is 8.56. The van der Waals surface area contributed by atoms with E-state index in [1.807, 2.05) is 6.07 Å². The van der Waals surface area contributed by atoms with Gasteiger partial charge in [0, 0.05) is 13.3 Å². The topological polar surface area (TPSA) is 56.9 Å². The van der Waals surface area contributed by atoms with Crippen molar-refractivity contribution < 1.29 is 4.74 Å². The van der Waals surface area contributed by atoms with Crippen LogP contribution in [0.4, 0.5) is 0 Å². The molecule has 1 unspecified atom stereocenters. The van der Waals surface area contributed by atoms with Gasteiger partial charge in [0.25, 0.3) is 0 Å². The molecule has 1 aromatic rings. The van der Waals surface area contributed by atoms with Crippen molar-refractivity contribution in [1.29, 1.82) is 10.7 Å².